The topological polar surface area (TPSA) is 129 Å². The minimum Gasteiger partial charge on any atom is -2.00 e. The number of rotatable bonds is 4. The summed E-state index contributed by atoms with van der Waals surface area (Å²) in [5.74, 6) is -2.20. The van der Waals surface area contributed by atoms with Gasteiger partial charge >= 0.3 is 35.0 Å². The molecule has 0 radical (unpaired) electrons. The maximum Gasteiger partial charge on any atom is 2.00 e. The first-order valence-corrected chi connectivity index (χ1v) is 2.74. The third-order valence-corrected chi connectivity index (χ3v) is 0.986. The molecule has 7 heteroatoms. The normalized spacial score (nSPS) is 10.4. The van der Waals surface area contributed by atoms with Crippen LogP contribution in [0.2, 0.25) is 0 Å². The number of carboxylic acid groups (broad SMARTS) is 2. The zero-order valence-electron chi connectivity index (χ0n) is 6.40. The molecule has 0 saturated carbocycles. The van der Waals surface area contributed by atoms with E-state index in [1.165, 1.54) is 0 Å². The molecule has 0 aliphatic carbocycles. The van der Waals surface area contributed by atoms with Crippen LogP contribution in [0.4, 0.5) is 0 Å². The van der Waals surface area contributed by atoms with E-state index in [1.54, 1.807) is 0 Å². The summed E-state index contributed by atoms with van der Waals surface area (Å²) in [5, 5.41) is 16.3. The molecule has 12 heavy (non-hydrogen) atoms. The van der Waals surface area contributed by atoms with Crippen molar-refractivity contribution < 1.29 is 25.3 Å². The van der Waals surface area contributed by atoms with Crippen LogP contribution >= 0.6 is 0 Å². The van der Waals surface area contributed by atoms with Crippen LogP contribution in [0.1, 0.15) is 12.8 Å². The Morgan fingerprint density at radius 3 is 2.00 bits per heavy atom. The van der Waals surface area contributed by atoms with Crippen LogP contribution in [0.5, 0.6) is 0 Å². The molecule has 6 nitrogen and oxygen atoms in total. The number of carboxylic acids is 2. The van der Waals surface area contributed by atoms with E-state index in [1.807, 2.05) is 0 Å². The Hall–Kier alpha value is -0.374. The van der Waals surface area contributed by atoms with Gasteiger partial charge in [-0.1, -0.05) is 0 Å². The standard InChI is InChI=1S/C5H9NO4.Mg.O/c6-3(5(9)10)1-2-4(7)8;;/h3H,1-2,6H2,(H,7,8)(H,9,10);;/q;+2;-2/t3-;;/m0../s1. The van der Waals surface area contributed by atoms with Crippen molar-refractivity contribution in [2.45, 2.75) is 18.9 Å². The maximum absolute atomic E-state index is 9.99. The second kappa shape index (κ2) is 8.72. The first-order valence-electron chi connectivity index (χ1n) is 2.74. The Morgan fingerprint density at radius 1 is 1.33 bits per heavy atom. The Morgan fingerprint density at radius 2 is 1.75 bits per heavy atom. The van der Waals surface area contributed by atoms with Crippen molar-refractivity contribution in [1.82, 2.24) is 0 Å². The smallest absolute Gasteiger partial charge is 2.00 e. The second-order valence-electron chi connectivity index (χ2n) is 1.88. The van der Waals surface area contributed by atoms with Gasteiger partial charge in [-0.25, -0.2) is 0 Å². The summed E-state index contributed by atoms with van der Waals surface area (Å²) in [4.78, 5) is 19.9. The molecule has 0 aromatic carbocycles. The molecular formula is C5H9MgNO5. The van der Waals surface area contributed by atoms with Gasteiger partial charge in [0.15, 0.2) is 0 Å². The molecule has 0 fully saturated rings. The molecule has 0 aliphatic rings. The van der Waals surface area contributed by atoms with Gasteiger partial charge < -0.3 is 21.4 Å². The Balaban J connectivity index is -0.000000405. The molecule has 0 spiro atoms. The summed E-state index contributed by atoms with van der Waals surface area (Å²) in [5.41, 5.74) is 5.00. The molecule has 0 aromatic heterocycles. The van der Waals surface area contributed by atoms with E-state index in [2.05, 4.69) is 0 Å². The number of hydrogen-bond acceptors (Lipinski definition) is 3. The zero-order chi connectivity index (χ0) is 8.15. The van der Waals surface area contributed by atoms with Crippen molar-refractivity contribution in [3.05, 3.63) is 0 Å². The van der Waals surface area contributed by atoms with Crippen molar-refractivity contribution in [2.75, 3.05) is 0 Å². The molecular weight excluding hydrogens is 178 g/mol. The third kappa shape index (κ3) is 9.63. The van der Waals surface area contributed by atoms with Crippen molar-refractivity contribution >= 4 is 35.0 Å². The molecule has 4 N–H and O–H groups in total. The SMILES string of the molecule is N[C@@H](CCC(=O)O)C(=O)O.[Mg+2].[O-2]. The van der Waals surface area contributed by atoms with E-state index in [9.17, 15) is 9.59 Å². The molecule has 0 aromatic rings. The Bertz CT molecular complexity index is 151. The number of carbonyl (C=O) groups is 2. The first-order chi connectivity index (χ1) is 4.54. The van der Waals surface area contributed by atoms with Gasteiger partial charge in [0, 0.05) is 6.42 Å². The van der Waals surface area contributed by atoms with Gasteiger partial charge in [0.2, 0.25) is 0 Å². The van der Waals surface area contributed by atoms with Crippen LogP contribution in [-0.4, -0.2) is 51.2 Å². The van der Waals surface area contributed by atoms with Crippen LogP contribution in [0.15, 0.2) is 0 Å². The fourth-order valence-electron chi connectivity index (χ4n) is 0.402. The predicted molar refractivity (Wildman–Crippen MR) is 38.9 cm³/mol. The Labute approximate surface area is 85.2 Å². The van der Waals surface area contributed by atoms with Crippen LogP contribution < -0.4 is 5.73 Å². The largest absolute Gasteiger partial charge is 2.00 e. The molecule has 0 rings (SSSR count). The summed E-state index contributed by atoms with van der Waals surface area (Å²) in [7, 11) is 0. The van der Waals surface area contributed by atoms with Crippen molar-refractivity contribution in [2.24, 2.45) is 5.73 Å². The molecule has 0 aliphatic heterocycles. The third-order valence-electron chi connectivity index (χ3n) is 0.986. The van der Waals surface area contributed by atoms with Gasteiger partial charge in [-0.05, 0) is 6.42 Å². The molecule has 0 bridgehead atoms. The quantitative estimate of drug-likeness (QED) is 0.474. The van der Waals surface area contributed by atoms with Gasteiger partial charge in [-0.3, -0.25) is 9.59 Å². The van der Waals surface area contributed by atoms with Gasteiger partial charge in [0.05, 0.1) is 0 Å². The molecule has 0 unspecified atom stereocenters. The summed E-state index contributed by atoms with van der Waals surface area (Å²) in [6.07, 6.45) is -0.224. The van der Waals surface area contributed by atoms with Crippen LogP contribution in [0, 0.1) is 0 Å². The monoisotopic (exact) mass is 187 g/mol. The van der Waals surface area contributed by atoms with E-state index in [0.717, 1.165) is 0 Å². The summed E-state index contributed by atoms with van der Waals surface area (Å²) >= 11 is 0. The van der Waals surface area contributed by atoms with E-state index in [4.69, 9.17) is 15.9 Å². The van der Waals surface area contributed by atoms with E-state index < -0.39 is 18.0 Å². The number of hydrogen-bond donors (Lipinski definition) is 3. The van der Waals surface area contributed by atoms with E-state index in [-0.39, 0.29) is 41.4 Å². The summed E-state index contributed by atoms with van der Waals surface area (Å²) in [6.45, 7) is 0. The summed E-state index contributed by atoms with van der Waals surface area (Å²) in [6, 6.07) is -1.06. The van der Waals surface area contributed by atoms with Gasteiger partial charge in [-0.15, -0.1) is 0 Å². The average Bonchev–Trinajstić information content (AvgIpc) is 1.82. The fraction of sp³-hybridized carbons (Fsp3) is 0.600. The molecule has 0 amide bonds. The van der Waals surface area contributed by atoms with Crippen molar-refractivity contribution in [3.8, 4) is 0 Å². The molecule has 1 atom stereocenters. The van der Waals surface area contributed by atoms with Crippen LogP contribution in [0.3, 0.4) is 0 Å². The predicted octanol–water partition coefficient (Wildman–Crippen LogP) is -1.24. The van der Waals surface area contributed by atoms with Gasteiger partial charge in [0.25, 0.3) is 0 Å². The fourth-order valence-corrected chi connectivity index (χ4v) is 0.402. The van der Waals surface area contributed by atoms with Crippen LogP contribution in [-0.2, 0) is 15.1 Å². The second-order valence-corrected chi connectivity index (χ2v) is 1.88. The van der Waals surface area contributed by atoms with Crippen molar-refractivity contribution in [3.63, 3.8) is 0 Å². The molecule has 0 saturated heterocycles. The number of nitrogens with two attached hydrogens (primary N) is 1. The van der Waals surface area contributed by atoms with Crippen LogP contribution in [0.25, 0.3) is 0 Å². The average molecular weight is 187 g/mol. The minimum atomic E-state index is -1.17. The van der Waals surface area contributed by atoms with Gasteiger partial charge in [-0.2, -0.15) is 0 Å². The maximum atomic E-state index is 9.99. The minimum absolute atomic E-state index is 0. The first kappa shape index (κ1) is 17.6. The van der Waals surface area contributed by atoms with Gasteiger partial charge in [0.1, 0.15) is 6.04 Å². The van der Waals surface area contributed by atoms with Crippen molar-refractivity contribution in [1.29, 1.82) is 0 Å². The summed E-state index contributed by atoms with van der Waals surface area (Å²) < 4.78 is 0. The van der Waals surface area contributed by atoms with E-state index in [0.29, 0.717) is 0 Å². The zero-order valence-corrected chi connectivity index (χ0v) is 7.81. The number of aliphatic carboxylic acids is 2. The molecule has 0 heterocycles. The Kier molecular flexibility index (Phi) is 12.8. The van der Waals surface area contributed by atoms with E-state index >= 15 is 0 Å². The molecule has 66 valence electrons.